The second kappa shape index (κ2) is 3.26. The Morgan fingerprint density at radius 1 is 1.58 bits per heavy atom. The maximum atomic E-state index is 11.4. The van der Waals surface area contributed by atoms with Crippen LogP contribution in [0.15, 0.2) is 11.2 Å². The van der Waals surface area contributed by atoms with Crippen LogP contribution in [-0.4, -0.2) is 24.1 Å². The second-order valence-corrected chi connectivity index (χ2v) is 4.73. The first kappa shape index (κ1) is 9.25. The molecule has 12 heavy (non-hydrogen) atoms. The van der Waals surface area contributed by atoms with Crippen LogP contribution >= 0.6 is 0 Å². The molecule has 0 aromatic carbocycles. The molecule has 68 valence electrons. The summed E-state index contributed by atoms with van der Waals surface area (Å²) in [6.45, 7) is 3.56. The van der Waals surface area contributed by atoms with Gasteiger partial charge in [0.1, 0.15) is 5.82 Å². The molecule has 0 atom stereocenters. The van der Waals surface area contributed by atoms with Gasteiger partial charge in [-0.05, 0) is 13.3 Å². The predicted molar refractivity (Wildman–Crippen MR) is 45.7 cm³/mol. The average Bonchev–Trinajstić information content (AvgIpc) is 2.36. The van der Waals surface area contributed by atoms with Crippen LogP contribution in [-0.2, 0) is 9.84 Å². The number of nitrogens with zero attached hydrogens (tertiary/aromatic N) is 1. The molecular weight excluding hydrogens is 176 g/mol. The van der Waals surface area contributed by atoms with Gasteiger partial charge in [-0.3, -0.25) is 0 Å². The normalized spacial score (nSPS) is 11.8. The molecule has 1 N–H and O–H groups in total. The van der Waals surface area contributed by atoms with E-state index in [4.69, 9.17) is 0 Å². The molecule has 1 heterocycles. The quantitative estimate of drug-likeness (QED) is 0.766. The predicted octanol–water partition coefficient (Wildman–Crippen LogP) is 0.902. The van der Waals surface area contributed by atoms with Gasteiger partial charge in [-0.15, -0.1) is 0 Å². The highest BCUT2D eigenvalue weighted by Crippen LogP contribution is 2.08. The molecule has 0 amide bonds. The Labute approximate surface area is 71.9 Å². The summed E-state index contributed by atoms with van der Waals surface area (Å²) in [4.78, 5) is 6.53. The van der Waals surface area contributed by atoms with Crippen LogP contribution in [0.3, 0.4) is 0 Å². The molecule has 4 nitrogen and oxygen atoms in total. The van der Waals surface area contributed by atoms with Crippen molar-refractivity contribution in [2.75, 3.05) is 5.75 Å². The summed E-state index contributed by atoms with van der Waals surface area (Å²) >= 11 is 0. The molecule has 0 unspecified atom stereocenters. The van der Waals surface area contributed by atoms with Crippen molar-refractivity contribution >= 4 is 9.84 Å². The highest BCUT2D eigenvalue weighted by molar-refractivity contribution is 7.91. The summed E-state index contributed by atoms with van der Waals surface area (Å²) < 4.78 is 22.7. The fraction of sp³-hybridized carbons (Fsp3) is 0.571. The lowest BCUT2D eigenvalue weighted by molar-refractivity contribution is 0.591. The van der Waals surface area contributed by atoms with Crippen molar-refractivity contribution in [3.63, 3.8) is 0 Å². The minimum atomic E-state index is -3.11. The number of aryl methyl sites for hydroxylation is 1. The van der Waals surface area contributed by atoms with Crippen molar-refractivity contribution in [1.29, 1.82) is 0 Å². The number of aromatic amines is 1. The molecule has 0 saturated carbocycles. The molecule has 0 bridgehead atoms. The molecule has 1 rings (SSSR count). The van der Waals surface area contributed by atoms with Crippen LogP contribution in [0, 0.1) is 6.92 Å². The highest BCUT2D eigenvalue weighted by Gasteiger charge is 2.14. The van der Waals surface area contributed by atoms with Gasteiger partial charge >= 0.3 is 0 Å². The van der Waals surface area contributed by atoms with Gasteiger partial charge in [-0.2, -0.15) is 0 Å². The van der Waals surface area contributed by atoms with Crippen LogP contribution in [0.2, 0.25) is 0 Å². The van der Waals surface area contributed by atoms with E-state index in [1.54, 1.807) is 6.92 Å². The first-order valence-electron chi connectivity index (χ1n) is 3.80. The van der Waals surface area contributed by atoms with E-state index in [1.807, 2.05) is 6.92 Å². The fourth-order valence-corrected chi connectivity index (χ4v) is 2.21. The van der Waals surface area contributed by atoms with E-state index >= 15 is 0 Å². The van der Waals surface area contributed by atoms with Crippen LogP contribution in [0.5, 0.6) is 0 Å². The van der Waals surface area contributed by atoms with Crippen molar-refractivity contribution < 1.29 is 8.42 Å². The monoisotopic (exact) mass is 188 g/mol. The number of nitrogens with one attached hydrogen (secondary N) is 1. The first-order chi connectivity index (χ1) is 5.56. The van der Waals surface area contributed by atoms with Crippen LogP contribution in [0.4, 0.5) is 0 Å². The largest absolute Gasteiger partial charge is 0.333 e. The number of hydrogen-bond acceptors (Lipinski definition) is 3. The van der Waals surface area contributed by atoms with Crippen molar-refractivity contribution in [3.8, 4) is 0 Å². The fourth-order valence-electron chi connectivity index (χ4n) is 0.935. The van der Waals surface area contributed by atoms with E-state index in [9.17, 15) is 8.42 Å². The van der Waals surface area contributed by atoms with Crippen molar-refractivity contribution in [2.24, 2.45) is 0 Å². The number of aromatic nitrogens is 2. The van der Waals surface area contributed by atoms with Crippen molar-refractivity contribution in [2.45, 2.75) is 25.3 Å². The molecule has 0 saturated heterocycles. The molecule has 0 aliphatic heterocycles. The zero-order valence-electron chi connectivity index (χ0n) is 7.16. The van der Waals surface area contributed by atoms with Gasteiger partial charge in [0, 0.05) is 0 Å². The first-order valence-corrected chi connectivity index (χ1v) is 5.46. The lowest BCUT2D eigenvalue weighted by Gasteiger charge is -1.96. The van der Waals surface area contributed by atoms with Gasteiger partial charge < -0.3 is 4.98 Å². The molecule has 0 fully saturated rings. The van der Waals surface area contributed by atoms with Crippen LogP contribution in [0.1, 0.15) is 19.2 Å². The molecule has 5 heteroatoms. The summed E-state index contributed by atoms with van der Waals surface area (Å²) in [5.41, 5.74) is 0. The Hall–Kier alpha value is -0.840. The summed E-state index contributed by atoms with van der Waals surface area (Å²) in [6, 6.07) is 0. The van der Waals surface area contributed by atoms with Gasteiger partial charge in [0.2, 0.25) is 0 Å². The summed E-state index contributed by atoms with van der Waals surface area (Å²) in [6.07, 6.45) is 1.99. The topological polar surface area (TPSA) is 62.8 Å². The van der Waals surface area contributed by atoms with Gasteiger partial charge in [0.05, 0.1) is 11.9 Å². The molecule has 0 spiro atoms. The third-order valence-electron chi connectivity index (χ3n) is 1.49. The summed E-state index contributed by atoms with van der Waals surface area (Å²) in [7, 11) is -3.11. The lowest BCUT2D eigenvalue weighted by Crippen LogP contribution is -2.06. The van der Waals surface area contributed by atoms with Gasteiger partial charge in [0.15, 0.2) is 14.9 Å². The van der Waals surface area contributed by atoms with E-state index in [1.165, 1.54) is 6.20 Å². The SMILES string of the molecule is CCCS(=O)(=O)c1cnc(C)[nH]1. The summed E-state index contributed by atoms with van der Waals surface area (Å²) in [5, 5.41) is 0.224. The van der Waals surface area contributed by atoms with Crippen LogP contribution in [0.25, 0.3) is 0 Å². The minimum Gasteiger partial charge on any atom is -0.333 e. The van der Waals surface area contributed by atoms with Crippen LogP contribution < -0.4 is 0 Å². The Bertz CT molecular complexity index is 353. The molecule has 0 radical (unpaired) electrons. The third-order valence-corrected chi connectivity index (χ3v) is 3.31. The zero-order valence-corrected chi connectivity index (χ0v) is 7.98. The molecule has 0 aliphatic rings. The van der Waals surface area contributed by atoms with E-state index in [-0.39, 0.29) is 10.8 Å². The average molecular weight is 188 g/mol. The van der Waals surface area contributed by atoms with Crippen molar-refractivity contribution in [3.05, 3.63) is 12.0 Å². The maximum absolute atomic E-state index is 11.4. The van der Waals surface area contributed by atoms with E-state index in [0.717, 1.165) is 0 Å². The van der Waals surface area contributed by atoms with Crippen molar-refractivity contribution in [1.82, 2.24) is 9.97 Å². The van der Waals surface area contributed by atoms with Gasteiger partial charge in [-0.1, -0.05) is 6.92 Å². The minimum absolute atomic E-state index is 0.175. The number of imidazole rings is 1. The van der Waals surface area contributed by atoms with E-state index in [2.05, 4.69) is 9.97 Å². The standard InChI is InChI=1S/C7H12N2O2S/c1-3-4-12(10,11)7-5-8-6(2)9-7/h5H,3-4H2,1-2H3,(H,8,9). The Morgan fingerprint density at radius 2 is 2.25 bits per heavy atom. The number of sulfone groups is 1. The second-order valence-electron chi connectivity index (χ2n) is 2.65. The number of hydrogen-bond donors (Lipinski definition) is 1. The third kappa shape index (κ3) is 1.85. The lowest BCUT2D eigenvalue weighted by atomic mass is 10.6. The Balaban J connectivity index is 2.98. The maximum Gasteiger partial charge on any atom is 0.195 e. The van der Waals surface area contributed by atoms with Gasteiger partial charge in [0.25, 0.3) is 0 Å². The molecule has 0 aliphatic carbocycles. The van der Waals surface area contributed by atoms with E-state index in [0.29, 0.717) is 12.2 Å². The molecular formula is C7H12N2O2S. The van der Waals surface area contributed by atoms with E-state index < -0.39 is 9.84 Å². The zero-order chi connectivity index (χ0) is 9.19. The number of rotatable bonds is 3. The molecule has 1 aromatic heterocycles. The highest BCUT2D eigenvalue weighted by atomic mass is 32.2. The summed E-state index contributed by atoms with van der Waals surface area (Å²) in [5.74, 6) is 0.805. The number of H-pyrrole nitrogens is 1. The Kier molecular flexibility index (Phi) is 2.52. The van der Waals surface area contributed by atoms with Gasteiger partial charge in [-0.25, -0.2) is 13.4 Å². The molecule has 1 aromatic rings. The Morgan fingerprint density at radius 3 is 2.67 bits per heavy atom. The smallest absolute Gasteiger partial charge is 0.195 e.